The van der Waals surface area contributed by atoms with Crippen LogP contribution in [0.3, 0.4) is 0 Å². The Hall–Kier alpha value is -1.10. The van der Waals surface area contributed by atoms with Crippen molar-refractivity contribution in [2.45, 2.75) is 25.8 Å². The number of thiazole rings is 1. The molecule has 2 rings (SSSR count). The fraction of sp³-hybridized carbons (Fsp3) is 0.556. The number of aromatic carboxylic acids is 1. The van der Waals surface area contributed by atoms with Crippen LogP contribution in [0, 0.1) is 0 Å². The molecule has 0 aromatic carbocycles. The maximum Gasteiger partial charge on any atom is 0.355 e. The Balaban J connectivity index is 2.17. The lowest BCUT2D eigenvalue weighted by Gasteiger charge is -2.18. The molecule has 14 heavy (non-hydrogen) atoms. The van der Waals surface area contributed by atoms with Crippen molar-refractivity contribution in [2.24, 2.45) is 0 Å². The van der Waals surface area contributed by atoms with Crippen molar-refractivity contribution in [1.29, 1.82) is 0 Å². The van der Waals surface area contributed by atoms with Gasteiger partial charge in [0.05, 0.1) is 0 Å². The van der Waals surface area contributed by atoms with E-state index in [1.165, 1.54) is 24.2 Å². The van der Waals surface area contributed by atoms with E-state index in [2.05, 4.69) is 16.8 Å². The minimum atomic E-state index is -0.945. The molecule has 0 atom stereocenters. The van der Waals surface area contributed by atoms with Gasteiger partial charge in [0, 0.05) is 18.0 Å². The Bertz CT molecular complexity index is 346. The van der Waals surface area contributed by atoms with Crippen LogP contribution in [-0.2, 0) is 0 Å². The first-order valence-corrected chi connectivity index (χ1v) is 5.55. The molecule has 1 aromatic heterocycles. The van der Waals surface area contributed by atoms with Gasteiger partial charge in [-0.25, -0.2) is 9.78 Å². The predicted molar refractivity (Wildman–Crippen MR) is 55.1 cm³/mol. The lowest BCUT2D eigenvalue weighted by Crippen LogP contribution is -2.24. The molecular weight excluding hydrogens is 200 g/mol. The minimum absolute atomic E-state index is 0.157. The summed E-state index contributed by atoms with van der Waals surface area (Å²) in [6.07, 6.45) is 2.41. The van der Waals surface area contributed by atoms with E-state index in [-0.39, 0.29) is 5.69 Å². The first-order valence-electron chi connectivity index (χ1n) is 4.68. The summed E-state index contributed by atoms with van der Waals surface area (Å²) in [5, 5.41) is 11.2. The van der Waals surface area contributed by atoms with Gasteiger partial charge in [-0.2, -0.15) is 0 Å². The SMILES string of the molecule is CCN(c1nc(C(=O)O)cs1)C1CC1. The zero-order valence-electron chi connectivity index (χ0n) is 7.93. The summed E-state index contributed by atoms with van der Waals surface area (Å²) < 4.78 is 0. The second-order valence-electron chi connectivity index (χ2n) is 3.34. The minimum Gasteiger partial charge on any atom is -0.476 e. The largest absolute Gasteiger partial charge is 0.476 e. The lowest BCUT2D eigenvalue weighted by molar-refractivity contribution is 0.0691. The molecular formula is C9H12N2O2S. The fourth-order valence-corrected chi connectivity index (χ4v) is 2.37. The standard InChI is InChI=1S/C9H12N2O2S/c1-2-11(6-3-4-6)9-10-7(5-14-9)8(12)13/h5-6H,2-4H2,1H3,(H,12,13). The second-order valence-corrected chi connectivity index (χ2v) is 4.17. The monoisotopic (exact) mass is 212 g/mol. The Morgan fingerprint density at radius 3 is 2.93 bits per heavy atom. The number of rotatable bonds is 4. The smallest absolute Gasteiger partial charge is 0.355 e. The van der Waals surface area contributed by atoms with E-state index in [1.54, 1.807) is 5.38 Å². The highest BCUT2D eigenvalue weighted by Crippen LogP contribution is 2.33. The third-order valence-electron chi connectivity index (χ3n) is 2.29. The summed E-state index contributed by atoms with van der Waals surface area (Å²) in [7, 11) is 0. The molecule has 1 heterocycles. The topological polar surface area (TPSA) is 53.4 Å². The number of aromatic nitrogens is 1. The number of hydrogen-bond acceptors (Lipinski definition) is 4. The summed E-state index contributed by atoms with van der Waals surface area (Å²) in [5.41, 5.74) is 0.157. The molecule has 1 fully saturated rings. The average molecular weight is 212 g/mol. The van der Waals surface area contributed by atoms with E-state index >= 15 is 0 Å². The first kappa shape index (κ1) is 9.45. The Morgan fingerprint density at radius 1 is 1.79 bits per heavy atom. The van der Waals surface area contributed by atoms with Crippen LogP contribution in [0.25, 0.3) is 0 Å². The van der Waals surface area contributed by atoms with E-state index in [4.69, 9.17) is 5.11 Å². The Kier molecular flexibility index (Phi) is 2.41. The molecule has 1 aromatic rings. The zero-order chi connectivity index (χ0) is 10.1. The maximum atomic E-state index is 10.6. The van der Waals surface area contributed by atoms with Gasteiger partial charge in [0.25, 0.3) is 0 Å². The van der Waals surface area contributed by atoms with Gasteiger partial charge in [-0.15, -0.1) is 11.3 Å². The van der Waals surface area contributed by atoms with Crippen LogP contribution in [0.2, 0.25) is 0 Å². The molecule has 1 aliphatic carbocycles. The predicted octanol–water partition coefficient (Wildman–Crippen LogP) is 1.83. The van der Waals surface area contributed by atoms with E-state index in [9.17, 15) is 4.79 Å². The number of anilines is 1. The second kappa shape index (κ2) is 3.57. The summed E-state index contributed by atoms with van der Waals surface area (Å²) >= 11 is 1.41. The van der Waals surface area contributed by atoms with Crippen molar-refractivity contribution in [3.8, 4) is 0 Å². The van der Waals surface area contributed by atoms with Gasteiger partial charge in [0.1, 0.15) is 0 Å². The van der Waals surface area contributed by atoms with Crippen molar-refractivity contribution in [3.63, 3.8) is 0 Å². The Morgan fingerprint density at radius 2 is 2.50 bits per heavy atom. The number of carbonyl (C=O) groups is 1. The van der Waals surface area contributed by atoms with Gasteiger partial charge in [0.15, 0.2) is 10.8 Å². The number of carboxylic acids is 1. The highest BCUT2D eigenvalue weighted by molar-refractivity contribution is 7.13. The van der Waals surface area contributed by atoms with Crippen LogP contribution >= 0.6 is 11.3 Å². The lowest BCUT2D eigenvalue weighted by atomic mass is 10.5. The van der Waals surface area contributed by atoms with Crippen LogP contribution in [-0.4, -0.2) is 28.6 Å². The third-order valence-corrected chi connectivity index (χ3v) is 3.16. The van der Waals surface area contributed by atoms with Crippen LogP contribution in [0.15, 0.2) is 5.38 Å². The molecule has 0 amide bonds. The molecule has 5 heteroatoms. The third kappa shape index (κ3) is 1.72. The average Bonchev–Trinajstić information content (AvgIpc) is 2.84. The molecule has 0 radical (unpaired) electrons. The van der Waals surface area contributed by atoms with Gasteiger partial charge >= 0.3 is 5.97 Å². The van der Waals surface area contributed by atoms with Gasteiger partial charge < -0.3 is 10.0 Å². The van der Waals surface area contributed by atoms with Crippen LogP contribution in [0.4, 0.5) is 5.13 Å². The van der Waals surface area contributed by atoms with Crippen LogP contribution < -0.4 is 4.90 Å². The van der Waals surface area contributed by atoms with Crippen molar-refractivity contribution in [3.05, 3.63) is 11.1 Å². The van der Waals surface area contributed by atoms with Crippen LogP contribution in [0.5, 0.6) is 0 Å². The molecule has 0 aliphatic heterocycles. The summed E-state index contributed by atoms with van der Waals surface area (Å²) in [6, 6.07) is 0.591. The van der Waals surface area contributed by atoms with E-state index in [1.807, 2.05) is 0 Å². The quantitative estimate of drug-likeness (QED) is 0.827. The van der Waals surface area contributed by atoms with E-state index < -0.39 is 5.97 Å². The first-order chi connectivity index (χ1) is 6.72. The van der Waals surface area contributed by atoms with Crippen molar-refractivity contribution in [2.75, 3.05) is 11.4 Å². The van der Waals surface area contributed by atoms with Gasteiger partial charge in [-0.05, 0) is 19.8 Å². The molecule has 76 valence electrons. The molecule has 1 aliphatic rings. The molecule has 0 spiro atoms. The molecule has 0 saturated heterocycles. The summed E-state index contributed by atoms with van der Waals surface area (Å²) in [6.45, 7) is 2.97. The van der Waals surface area contributed by atoms with Crippen LogP contribution in [0.1, 0.15) is 30.3 Å². The highest BCUT2D eigenvalue weighted by Gasteiger charge is 2.30. The van der Waals surface area contributed by atoms with Gasteiger partial charge in [-0.3, -0.25) is 0 Å². The Labute approximate surface area is 86.2 Å². The zero-order valence-corrected chi connectivity index (χ0v) is 8.75. The van der Waals surface area contributed by atoms with E-state index in [0.717, 1.165) is 11.7 Å². The van der Waals surface area contributed by atoms with E-state index in [0.29, 0.717) is 6.04 Å². The van der Waals surface area contributed by atoms with Crippen molar-refractivity contribution < 1.29 is 9.90 Å². The molecule has 4 nitrogen and oxygen atoms in total. The summed E-state index contributed by atoms with van der Waals surface area (Å²) in [4.78, 5) is 16.9. The van der Waals surface area contributed by atoms with Crippen molar-refractivity contribution in [1.82, 2.24) is 4.98 Å². The van der Waals surface area contributed by atoms with Crippen molar-refractivity contribution >= 4 is 22.4 Å². The molecule has 1 N–H and O–H groups in total. The molecule has 0 bridgehead atoms. The van der Waals surface area contributed by atoms with Gasteiger partial charge in [0.2, 0.25) is 0 Å². The molecule has 1 saturated carbocycles. The van der Waals surface area contributed by atoms with Gasteiger partial charge in [-0.1, -0.05) is 0 Å². The fourth-order valence-electron chi connectivity index (χ4n) is 1.43. The number of nitrogens with zero attached hydrogens (tertiary/aromatic N) is 2. The highest BCUT2D eigenvalue weighted by atomic mass is 32.1. The normalized spacial score (nSPS) is 15.5. The number of hydrogen-bond donors (Lipinski definition) is 1. The maximum absolute atomic E-state index is 10.6. The molecule has 0 unspecified atom stereocenters. The summed E-state index contributed by atoms with van der Waals surface area (Å²) in [5.74, 6) is -0.945. The number of carboxylic acid groups (broad SMARTS) is 1.